The Morgan fingerprint density at radius 3 is 2.33 bits per heavy atom. The van der Waals surface area contributed by atoms with Gasteiger partial charge in [-0.1, -0.05) is 54.6 Å². The number of carbonyl (C=O) groups excluding carboxylic acids is 1. The lowest BCUT2D eigenvalue weighted by Gasteiger charge is -2.28. The van der Waals surface area contributed by atoms with Gasteiger partial charge in [0.15, 0.2) is 11.7 Å². The molecule has 0 unspecified atom stereocenters. The Morgan fingerprint density at radius 1 is 0.930 bits per heavy atom. The average molecular weight is 588 g/mol. The summed E-state index contributed by atoms with van der Waals surface area (Å²) in [5, 5.41) is 7.10. The molecule has 0 aliphatic carbocycles. The Morgan fingerprint density at radius 2 is 1.63 bits per heavy atom. The fourth-order valence-electron chi connectivity index (χ4n) is 5.65. The topological polar surface area (TPSA) is 71.4 Å². The van der Waals surface area contributed by atoms with Gasteiger partial charge in [-0.3, -0.25) is 9.78 Å². The van der Waals surface area contributed by atoms with Crippen molar-refractivity contribution in [1.82, 2.24) is 14.9 Å². The lowest BCUT2D eigenvalue weighted by molar-refractivity contribution is -0.118. The highest BCUT2D eigenvalue weighted by atomic mass is 32.1. The van der Waals surface area contributed by atoms with Gasteiger partial charge in [-0.05, 0) is 91.8 Å². The van der Waals surface area contributed by atoms with Crippen molar-refractivity contribution in [2.75, 3.05) is 16.8 Å². The Bertz CT molecular complexity index is 1710. The van der Waals surface area contributed by atoms with Crippen LogP contribution in [-0.4, -0.2) is 27.2 Å². The molecule has 0 bridgehead atoms. The van der Waals surface area contributed by atoms with Gasteiger partial charge in [-0.15, -0.1) is 0 Å². The molecule has 1 fully saturated rings. The van der Waals surface area contributed by atoms with E-state index in [1.165, 1.54) is 22.5 Å². The van der Waals surface area contributed by atoms with Gasteiger partial charge in [0.05, 0.1) is 17.8 Å². The van der Waals surface area contributed by atoms with E-state index in [0.717, 1.165) is 17.9 Å². The molecule has 216 valence electrons. The highest BCUT2D eigenvalue weighted by molar-refractivity contribution is 7.80. The van der Waals surface area contributed by atoms with Crippen LogP contribution in [0, 0.1) is 13.8 Å². The number of hydrogen-bond acceptors (Lipinski definition) is 4. The van der Waals surface area contributed by atoms with E-state index in [0.29, 0.717) is 16.5 Å². The minimum atomic E-state index is -0.228. The molecule has 1 saturated heterocycles. The predicted octanol–water partition coefficient (Wildman–Crippen LogP) is 6.74. The fraction of sp³-hybridized carbons (Fsp3) is 0.171. The van der Waals surface area contributed by atoms with Crippen molar-refractivity contribution in [3.05, 3.63) is 144 Å². The lowest BCUT2D eigenvalue weighted by Crippen LogP contribution is -2.29. The summed E-state index contributed by atoms with van der Waals surface area (Å²) in [4.78, 5) is 19.4. The van der Waals surface area contributed by atoms with Gasteiger partial charge in [-0.25, -0.2) is 0 Å². The molecule has 2 atom stereocenters. The van der Waals surface area contributed by atoms with Crippen LogP contribution in [0.15, 0.2) is 115 Å². The standard InChI is InChI=1S/C35H33N5O2S/c1-24-21-30(25(2)39(24)22-26-11-5-3-6-12-26)34-33(31-15-9-10-20-36-31)38-35(43)40(34)28-18-16-27(17-19-28)37-32(41)23-42-29-13-7-4-8-14-29/h3-21,33-34H,22-23H2,1-2H3,(H,37,41)(H,38,43)/t33-,34-/m1/s1. The predicted molar refractivity (Wildman–Crippen MR) is 174 cm³/mol. The zero-order valence-electron chi connectivity index (χ0n) is 24.1. The van der Waals surface area contributed by atoms with E-state index in [2.05, 4.69) is 64.3 Å². The number of aromatic nitrogens is 2. The first-order chi connectivity index (χ1) is 21.0. The van der Waals surface area contributed by atoms with Gasteiger partial charge >= 0.3 is 0 Å². The molecule has 1 aliphatic heterocycles. The summed E-state index contributed by atoms with van der Waals surface area (Å²) in [5.74, 6) is 0.425. The van der Waals surface area contributed by atoms with E-state index >= 15 is 0 Å². The molecular weight excluding hydrogens is 554 g/mol. The normalized spacial score (nSPS) is 16.1. The second-order valence-electron chi connectivity index (χ2n) is 10.6. The summed E-state index contributed by atoms with van der Waals surface area (Å²) in [7, 11) is 0. The van der Waals surface area contributed by atoms with Gasteiger partial charge in [0.25, 0.3) is 5.91 Å². The maximum atomic E-state index is 12.5. The number of amides is 1. The van der Waals surface area contributed by atoms with Crippen molar-refractivity contribution < 1.29 is 9.53 Å². The van der Waals surface area contributed by atoms with Crippen LogP contribution in [-0.2, 0) is 11.3 Å². The number of carbonyl (C=O) groups is 1. The van der Waals surface area contributed by atoms with Crippen LogP contribution in [0.25, 0.3) is 0 Å². The van der Waals surface area contributed by atoms with Crippen LogP contribution in [0.3, 0.4) is 0 Å². The van der Waals surface area contributed by atoms with Crippen LogP contribution < -0.4 is 20.3 Å². The molecule has 5 aromatic rings. The SMILES string of the molecule is Cc1cc([C@@H]2[C@@H](c3ccccn3)NC(=S)N2c2ccc(NC(=O)COc3ccccc3)cc2)c(C)n1Cc1ccccc1. The number of nitrogens with one attached hydrogen (secondary N) is 2. The molecular formula is C35H33N5O2S. The minimum absolute atomic E-state index is 0.0711. The molecule has 2 N–H and O–H groups in total. The number of benzene rings is 3. The zero-order valence-corrected chi connectivity index (χ0v) is 24.9. The molecule has 1 amide bonds. The molecule has 6 rings (SSSR count). The van der Waals surface area contributed by atoms with Crippen molar-refractivity contribution in [1.29, 1.82) is 0 Å². The van der Waals surface area contributed by atoms with Crippen LogP contribution in [0.1, 0.15) is 40.3 Å². The molecule has 8 heteroatoms. The highest BCUT2D eigenvalue weighted by Crippen LogP contribution is 2.43. The Labute approximate surface area is 257 Å². The number of ether oxygens (including phenoxy) is 1. The van der Waals surface area contributed by atoms with E-state index in [-0.39, 0.29) is 24.6 Å². The van der Waals surface area contributed by atoms with Crippen molar-refractivity contribution in [3.8, 4) is 5.75 Å². The first kappa shape index (κ1) is 28.2. The van der Waals surface area contributed by atoms with Crippen LogP contribution >= 0.6 is 12.2 Å². The number of rotatable bonds is 9. The van der Waals surface area contributed by atoms with Crippen molar-refractivity contribution in [2.45, 2.75) is 32.5 Å². The van der Waals surface area contributed by atoms with Crippen molar-refractivity contribution >= 4 is 34.6 Å². The molecule has 0 saturated carbocycles. The number of hydrogen-bond donors (Lipinski definition) is 2. The van der Waals surface area contributed by atoms with E-state index in [1.54, 1.807) is 0 Å². The molecule has 0 radical (unpaired) electrons. The van der Waals surface area contributed by atoms with Gasteiger partial charge in [0.2, 0.25) is 0 Å². The molecule has 1 aliphatic rings. The molecule has 7 nitrogen and oxygen atoms in total. The van der Waals surface area contributed by atoms with Gasteiger partial charge < -0.3 is 24.8 Å². The van der Waals surface area contributed by atoms with E-state index in [4.69, 9.17) is 21.9 Å². The first-order valence-electron chi connectivity index (χ1n) is 14.3. The summed E-state index contributed by atoms with van der Waals surface area (Å²) >= 11 is 5.94. The third kappa shape index (κ3) is 6.15. The van der Waals surface area contributed by atoms with Crippen LogP contribution in [0.2, 0.25) is 0 Å². The second kappa shape index (κ2) is 12.5. The number of aryl methyl sites for hydroxylation is 1. The molecule has 43 heavy (non-hydrogen) atoms. The maximum Gasteiger partial charge on any atom is 0.262 e. The number of anilines is 2. The van der Waals surface area contributed by atoms with E-state index in [1.807, 2.05) is 85.1 Å². The first-order valence-corrected chi connectivity index (χ1v) is 14.7. The average Bonchev–Trinajstić information content (AvgIpc) is 3.52. The number of pyridine rings is 1. The van der Waals surface area contributed by atoms with Crippen LogP contribution in [0.4, 0.5) is 11.4 Å². The van der Waals surface area contributed by atoms with Gasteiger partial charge in [0, 0.05) is 35.5 Å². The smallest absolute Gasteiger partial charge is 0.262 e. The number of para-hydroxylation sites is 1. The Kier molecular flexibility index (Phi) is 8.20. The van der Waals surface area contributed by atoms with Crippen molar-refractivity contribution in [3.63, 3.8) is 0 Å². The van der Waals surface area contributed by atoms with Gasteiger partial charge in [-0.2, -0.15) is 0 Å². The minimum Gasteiger partial charge on any atom is -0.484 e. The summed E-state index contributed by atoms with van der Waals surface area (Å²) in [5.41, 5.74) is 7.34. The monoisotopic (exact) mass is 587 g/mol. The van der Waals surface area contributed by atoms with E-state index in [9.17, 15) is 4.79 Å². The number of nitrogens with zero attached hydrogens (tertiary/aromatic N) is 3. The number of thiocarbonyl (C=S) groups is 1. The fourth-order valence-corrected chi connectivity index (χ4v) is 6.00. The summed E-state index contributed by atoms with van der Waals surface area (Å²) in [6.45, 7) is 5.05. The maximum absolute atomic E-state index is 12.5. The third-order valence-corrected chi connectivity index (χ3v) is 8.07. The third-order valence-electron chi connectivity index (χ3n) is 7.76. The molecule has 3 aromatic carbocycles. The summed E-state index contributed by atoms with van der Waals surface area (Å²) < 4.78 is 7.94. The second-order valence-corrected chi connectivity index (χ2v) is 11.0. The quantitative estimate of drug-likeness (QED) is 0.186. The van der Waals surface area contributed by atoms with Crippen LogP contribution in [0.5, 0.6) is 5.75 Å². The van der Waals surface area contributed by atoms with E-state index < -0.39 is 0 Å². The molecule has 3 heterocycles. The largest absolute Gasteiger partial charge is 0.484 e. The molecule has 0 spiro atoms. The Balaban J connectivity index is 1.28. The lowest BCUT2D eigenvalue weighted by atomic mass is 9.96. The highest BCUT2D eigenvalue weighted by Gasteiger charge is 2.42. The summed E-state index contributed by atoms with van der Waals surface area (Å²) in [6.07, 6.45) is 1.82. The zero-order chi connectivity index (χ0) is 29.8. The Hall–Kier alpha value is -4.95. The summed E-state index contributed by atoms with van der Waals surface area (Å²) in [6, 6.07) is 35.5. The van der Waals surface area contributed by atoms with Crippen molar-refractivity contribution in [2.24, 2.45) is 0 Å². The van der Waals surface area contributed by atoms with Gasteiger partial charge in [0.1, 0.15) is 5.75 Å². The molecule has 2 aromatic heterocycles.